The zero-order valence-electron chi connectivity index (χ0n) is 17.0. The van der Waals surface area contributed by atoms with Gasteiger partial charge in [0.25, 0.3) is 6.47 Å². The molecule has 4 rings (SSSR count). The molecular weight excluding hydrogens is 354 g/mol. The third-order valence-corrected chi connectivity index (χ3v) is 4.71. The van der Waals surface area contributed by atoms with Crippen molar-refractivity contribution in [3.8, 4) is 0 Å². The minimum absolute atomic E-state index is 0.318. The van der Waals surface area contributed by atoms with Gasteiger partial charge in [-0.2, -0.15) is 0 Å². The first-order valence-electron chi connectivity index (χ1n) is 9.50. The zero-order valence-corrected chi connectivity index (χ0v) is 17.0. The highest BCUT2D eigenvalue weighted by molar-refractivity contribution is 6.09. The quantitative estimate of drug-likeness (QED) is 0.522. The number of fused-ring (bicyclic) bond motifs is 3. The standard InChI is InChI=1S/C16H19N5.C5H10O2/c1-20-6-8-21(9-7-20)16-12-4-5-18-15(12)13-10-11(17)2-3-14(13)19-16;1-5(2,3)7-4-6/h2-5,10,18H,6-9,17H2,1H3;4H,1-3H3. The first-order chi connectivity index (χ1) is 13.3. The van der Waals surface area contributed by atoms with Gasteiger partial charge >= 0.3 is 0 Å². The zero-order chi connectivity index (χ0) is 20.3. The van der Waals surface area contributed by atoms with Gasteiger partial charge in [-0.05, 0) is 52.1 Å². The molecule has 0 atom stereocenters. The number of H-pyrrole nitrogens is 1. The molecule has 28 heavy (non-hydrogen) atoms. The number of nitrogens with two attached hydrogens (primary N) is 1. The molecular formula is C21H29N5O2. The van der Waals surface area contributed by atoms with E-state index in [0.29, 0.717) is 6.47 Å². The van der Waals surface area contributed by atoms with Crippen molar-refractivity contribution in [3.05, 3.63) is 30.5 Å². The van der Waals surface area contributed by atoms with E-state index in [2.05, 4.69) is 32.6 Å². The molecule has 0 aliphatic carbocycles. The van der Waals surface area contributed by atoms with Gasteiger partial charge in [-0.3, -0.25) is 4.79 Å². The van der Waals surface area contributed by atoms with Crippen LogP contribution >= 0.6 is 0 Å². The molecule has 0 amide bonds. The Labute approximate surface area is 165 Å². The Balaban J connectivity index is 0.000000279. The van der Waals surface area contributed by atoms with Crippen LogP contribution in [0.4, 0.5) is 11.5 Å². The van der Waals surface area contributed by atoms with Crippen LogP contribution in [0.1, 0.15) is 20.8 Å². The molecule has 1 fully saturated rings. The summed E-state index contributed by atoms with van der Waals surface area (Å²) in [6, 6.07) is 8.02. The fraction of sp³-hybridized carbons (Fsp3) is 0.429. The van der Waals surface area contributed by atoms with Crippen LogP contribution in [0.3, 0.4) is 0 Å². The summed E-state index contributed by atoms with van der Waals surface area (Å²) in [7, 11) is 2.17. The molecule has 1 saturated heterocycles. The lowest BCUT2D eigenvalue weighted by atomic mass is 10.1. The van der Waals surface area contributed by atoms with Gasteiger partial charge in [0.2, 0.25) is 0 Å². The van der Waals surface area contributed by atoms with E-state index in [-0.39, 0.29) is 5.60 Å². The monoisotopic (exact) mass is 383 g/mol. The topological polar surface area (TPSA) is 87.5 Å². The van der Waals surface area contributed by atoms with Crippen molar-refractivity contribution in [1.82, 2.24) is 14.9 Å². The van der Waals surface area contributed by atoms with E-state index >= 15 is 0 Å². The van der Waals surface area contributed by atoms with Crippen LogP contribution in [-0.2, 0) is 9.53 Å². The van der Waals surface area contributed by atoms with Gasteiger partial charge in [0.15, 0.2) is 0 Å². The van der Waals surface area contributed by atoms with Crippen molar-refractivity contribution in [2.75, 3.05) is 43.9 Å². The highest BCUT2D eigenvalue weighted by atomic mass is 16.5. The van der Waals surface area contributed by atoms with E-state index in [1.165, 1.54) is 5.39 Å². The lowest BCUT2D eigenvalue weighted by Gasteiger charge is -2.33. The summed E-state index contributed by atoms with van der Waals surface area (Å²) in [5.74, 6) is 1.08. The summed E-state index contributed by atoms with van der Waals surface area (Å²) in [5.41, 5.74) is 8.50. The summed E-state index contributed by atoms with van der Waals surface area (Å²) in [6.07, 6.45) is 1.98. The maximum Gasteiger partial charge on any atom is 0.293 e. The second kappa shape index (κ2) is 8.06. The number of hydrogen-bond acceptors (Lipinski definition) is 6. The molecule has 0 saturated carbocycles. The molecule has 1 aliphatic rings. The Kier molecular flexibility index (Phi) is 5.74. The van der Waals surface area contributed by atoms with E-state index in [1.54, 1.807) is 0 Å². The van der Waals surface area contributed by atoms with Crippen LogP contribution in [-0.4, -0.2) is 60.2 Å². The largest absolute Gasteiger partial charge is 0.462 e. The molecule has 1 aliphatic heterocycles. The Morgan fingerprint density at radius 2 is 1.86 bits per heavy atom. The fourth-order valence-electron chi connectivity index (χ4n) is 3.21. The predicted molar refractivity (Wildman–Crippen MR) is 115 cm³/mol. The molecule has 7 nitrogen and oxygen atoms in total. The summed E-state index contributed by atoms with van der Waals surface area (Å²) in [6.45, 7) is 10.1. The molecule has 3 aromatic rings. The number of ether oxygens (including phenoxy) is 1. The maximum atomic E-state index is 9.60. The first-order valence-corrected chi connectivity index (χ1v) is 9.50. The van der Waals surface area contributed by atoms with Crippen LogP contribution < -0.4 is 10.6 Å². The van der Waals surface area contributed by atoms with Gasteiger partial charge in [-0.1, -0.05) is 0 Å². The second-order valence-corrected chi connectivity index (χ2v) is 8.10. The number of hydrogen-bond donors (Lipinski definition) is 2. The normalized spacial score (nSPS) is 15.4. The van der Waals surface area contributed by atoms with Crippen molar-refractivity contribution < 1.29 is 9.53 Å². The van der Waals surface area contributed by atoms with Crippen molar-refractivity contribution in [2.45, 2.75) is 26.4 Å². The number of likely N-dealkylation sites (N-methyl/N-ethyl adjacent to an activating group) is 1. The Hall–Kier alpha value is -2.80. The van der Waals surface area contributed by atoms with Gasteiger partial charge in [-0.15, -0.1) is 0 Å². The van der Waals surface area contributed by atoms with Crippen molar-refractivity contribution >= 4 is 39.8 Å². The molecule has 150 valence electrons. The van der Waals surface area contributed by atoms with E-state index in [1.807, 2.05) is 45.2 Å². The average molecular weight is 383 g/mol. The minimum atomic E-state index is -0.318. The lowest BCUT2D eigenvalue weighted by Crippen LogP contribution is -2.44. The van der Waals surface area contributed by atoms with Crippen LogP contribution in [0.15, 0.2) is 30.5 Å². The summed E-state index contributed by atoms with van der Waals surface area (Å²) >= 11 is 0. The van der Waals surface area contributed by atoms with Gasteiger partial charge < -0.3 is 25.3 Å². The van der Waals surface area contributed by atoms with E-state index in [4.69, 9.17) is 10.7 Å². The smallest absolute Gasteiger partial charge is 0.293 e. The van der Waals surface area contributed by atoms with Crippen molar-refractivity contribution in [1.29, 1.82) is 0 Å². The molecule has 0 spiro atoms. The lowest BCUT2D eigenvalue weighted by molar-refractivity contribution is -0.138. The Morgan fingerprint density at radius 1 is 1.14 bits per heavy atom. The molecule has 7 heteroatoms. The Bertz CT molecular complexity index is 952. The number of benzene rings is 1. The summed E-state index contributed by atoms with van der Waals surface area (Å²) in [5, 5.41) is 2.27. The minimum Gasteiger partial charge on any atom is -0.462 e. The SMILES string of the molecule is CC(C)(C)OC=O.CN1CCN(c2nc3ccc(N)cc3c3[nH]ccc23)CC1. The molecule has 1 aromatic carbocycles. The van der Waals surface area contributed by atoms with Gasteiger partial charge in [0.1, 0.15) is 11.4 Å². The maximum absolute atomic E-state index is 9.60. The number of nitrogen functional groups attached to an aromatic ring is 1. The summed E-state index contributed by atoms with van der Waals surface area (Å²) in [4.78, 5) is 22.6. The van der Waals surface area contributed by atoms with Crippen LogP contribution in [0.5, 0.6) is 0 Å². The van der Waals surface area contributed by atoms with E-state index in [0.717, 1.165) is 54.1 Å². The van der Waals surface area contributed by atoms with Gasteiger partial charge in [0.05, 0.1) is 11.0 Å². The molecule has 2 aromatic heterocycles. The molecule has 0 unspecified atom stereocenters. The highest BCUT2D eigenvalue weighted by Gasteiger charge is 2.19. The first kappa shape index (κ1) is 19.9. The number of pyridine rings is 1. The number of carbonyl (C=O) groups excluding carboxylic acids is 1. The number of carbonyl (C=O) groups is 1. The predicted octanol–water partition coefficient (Wildman–Crippen LogP) is 3.01. The van der Waals surface area contributed by atoms with E-state index < -0.39 is 0 Å². The number of aromatic amines is 1. The van der Waals surface area contributed by atoms with Crippen molar-refractivity contribution in [3.63, 3.8) is 0 Å². The van der Waals surface area contributed by atoms with E-state index in [9.17, 15) is 4.79 Å². The van der Waals surface area contributed by atoms with Gasteiger partial charge in [-0.25, -0.2) is 4.98 Å². The third kappa shape index (κ3) is 4.54. The molecule has 0 radical (unpaired) electrons. The number of anilines is 2. The third-order valence-electron chi connectivity index (χ3n) is 4.71. The molecule has 3 heterocycles. The fourth-order valence-corrected chi connectivity index (χ4v) is 3.21. The number of rotatable bonds is 2. The number of nitrogens with zero attached hydrogens (tertiary/aromatic N) is 3. The van der Waals surface area contributed by atoms with Crippen LogP contribution in [0, 0.1) is 0 Å². The molecule has 0 bridgehead atoms. The Morgan fingerprint density at radius 3 is 2.46 bits per heavy atom. The highest BCUT2D eigenvalue weighted by Crippen LogP contribution is 2.31. The van der Waals surface area contributed by atoms with Gasteiger partial charge in [0, 0.05) is 48.8 Å². The molecule has 3 N–H and O–H groups in total. The number of piperazine rings is 1. The second-order valence-electron chi connectivity index (χ2n) is 8.10. The average Bonchev–Trinajstić information content (AvgIpc) is 3.12. The number of nitrogens with one attached hydrogen (secondary N) is 1. The summed E-state index contributed by atoms with van der Waals surface area (Å²) < 4.78 is 4.55. The number of aromatic nitrogens is 2. The van der Waals surface area contributed by atoms with Crippen molar-refractivity contribution in [2.24, 2.45) is 0 Å². The van der Waals surface area contributed by atoms with Crippen LogP contribution in [0.25, 0.3) is 21.8 Å². The van der Waals surface area contributed by atoms with Crippen LogP contribution in [0.2, 0.25) is 0 Å².